The number of nitrogens with zero attached hydrogens (tertiary/aromatic N) is 3. The zero-order valence-corrected chi connectivity index (χ0v) is 29.4. The lowest BCUT2D eigenvalue weighted by Gasteiger charge is -2.40. The van der Waals surface area contributed by atoms with Crippen LogP contribution in [0.2, 0.25) is 18.1 Å². The minimum Gasteiger partial charge on any atom is -0.407 e. The number of ether oxygens (including phenoxy) is 3. The molecule has 3 rings (SSSR count). The summed E-state index contributed by atoms with van der Waals surface area (Å²) in [6.45, 7) is 11.2. The lowest BCUT2D eigenvalue weighted by molar-refractivity contribution is -0.171. The zero-order valence-electron chi connectivity index (χ0n) is 27.7. The molecule has 0 aliphatic heterocycles. The van der Waals surface area contributed by atoms with Crippen molar-refractivity contribution < 1.29 is 23.4 Å². The third-order valence-electron chi connectivity index (χ3n) is 8.29. The van der Waals surface area contributed by atoms with Crippen molar-refractivity contribution in [2.45, 2.75) is 96.0 Å². The van der Waals surface area contributed by atoms with Crippen molar-refractivity contribution in [2.75, 3.05) is 12.4 Å². The Balaban J connectivity index is 2.07. The Morgan fingerprint density at radius 3 is 1.76 bits per heavy atom. The van der Waals surface area contributed by atoms with Gasteiger partial charge in [-0.05, 0) is 53.2 Å². The van der Waals surface area contributed by atoms with Crippen LogP contribution in [0.15, 0.2) is 96.1 Å². The highest BCUT2D eigenvalue weighted by molar-refractivity contribution is 6.74. The lowest BCUT2D eigenvalue weighted by Crippen LogP contribution is -2.54. The molecule has 3 aromatic rings. The molecule has 0 N–H and O–H groups in total. The van der Waals surface area contributed by atoms with Gasteiger partial charge >= 0.3 is 0 Å². The Morgan fingerprint density at radius 1 is 0.826 bits per heavy atom. The van der Waals surface area contributed by atoms with Crippen LogP contribution in [-0.2, 0) is 43.3 Å². The summed E-state index contributed by atoms with van der Waals surface area (Å²) in [4.78, 5) is 17.8. The van der Waals surface area contributed by atoms with Crippen molar-refractivity contribution in [1.29, 1.82) is 0 Å². The van der Waals surface area contributed by atoms with Gasteiger partial charge in [-0.3, -0.25) is 4.79 Å². The topological polar surface area (TPSA) is 103 Å². The molecule has 4 atom stereocenters. The summed E-state index contributed by atoms with van der Waals surface area (Å²) in [5.74, 6) is 0.159. The molecule has 0 fully saturated rings. The number of Topliss-reactive ketones (excluding diaryl/α,β-unsaturated/α-hetero) is 1. The number of halogens is 1. The molecular formula is C36H48ClN3O5Si. The molecule has 10 heteroatoms. The molecule has 0 heterocycles. The third kappa shape index (κ3) is 12.0. The first-order valence-corrected chi connectivity index (χ1v) is 19.2. The number of benzene rings is 3. The molecule has 0 amide bonds. The van der Waals surface area contributed by atoms with E-state index in [1.807, 2.05) is 91.0 Å². The second-order valence-electron chi connectivity index (χ2n) is 12.8. The highest BCUT2D eigenvalue weighted by atomic mass is 35.5. The molecule has 0 aromatic heterocycles. The Hall–Kier alpha value is -3.01. The average Bonchev–Trinajstić information content (AvgIpc) is 3.05. The van der Waals surface area contributed by atoms with Gasteiger partial charge in [0.15, 0.2) is 14.1 Å². The average molecular weight is 666 g/mol. The Labute approximate surface area is 280 Å². The number of alkyl halides is 1. The van der Waals surface area contributed by atoms with Crippen molar-refractivity contribution in [1.82, 2.24) is 0 Å². The van der Waals surface area contributed by atoms with Gasteiger partial charge in [0.1, 0.15) is 18.3 Å². The van der Waals surface area contributed by atoms with E-state index in [1.165, 1.54) is 0 Å². The minimum atomic E-state index is -2.38. The monoisotopic (exact) mass is 665 g/mol. The SMILES string of the molecule is CC(C)(C)[Si](C)(C)OC(CCCCl)C(=O)[C@@H](OCc1ccccc1)[C@H](OCc1ccccc1)[C@@H](CN=[N+]=[N-])OCc1ccccc1. The number of hydrogen-bond acceptors (Lipinski definition) is 6. The molecular weight excluding hydrogens is 618 g/mol. The van der Waals surface area contributed by atoms with Gasteiger partial charge < -0.3 is 18.6 Å². The predicted molar refractivity (Wildman–Crippen MR) is 186 cm³/mol. The van der Waals surface area contributed by atoms with Crippen molar-refractivity contribution in [3.63, 3.8) is 0 Å². The van der Waals surface area contributed by atoms with E-state index in [0.717, 1.165) is 16.7 Å². The molecule has 1 unspecified atom stereocenters. The van der Waals surface area contributed by atoms with Crippen LogP contribution in [0.4, 0.5) is 0 Å². The lowest BCUT2D eigenvalue weighted by atomic mass is 9.97. The summed E-state index contributed by atoms with van der Waals surface area (Å²) in [5.41, 5.74) is 12.1. The van der Waals surface area contributed by atoms with Crippen molar-refractivity contribution in [3.05, 3.63) is 118 Å². The fraction of sp³-hybridized carbons (Fsp3) is 0.472. The number of azide groups is 1. The number of ketones is 1. The quantitative estimate of drug-likeness (QED) is 0.0394. The van der Waals surface area contributed by atoms with Gasteiger partial charge in [0, 0.05) is 10.8 Å². The van der Waals surface area contributed by atoms with Gasteiger partial charge in [0.05, 0.1) is 32.5 Å². The van der Waals surface area contributed by atoms with Gasteiger partial charge in [-0.15, -0.1) is 11.6 Å². The summed E-state index contributed by atoms with van der Waals surface area (Å²) >= 11 is 6.14. The summed E-state index contributed by atoms with van der Waals surface area (Å²) in [5, 5.41) is 3.75. The van der Waals surface area contributed by atoms with Gasteiger partial charge in [0.25, 0.3) is 0 Å². The molecule has 0 aliphatic rings. The standard InChI is InChI=1S/C36H48ClN3O5Si/c1-36(2,3)46(4,5)45-31(22-15-23-37)33(41)35(44-27-30-20-13-8-14-21-30)34(43-26-29-18-11-7-12-19-29)32(24-39-40-38)42-25-28-16-9-6-10-17-28/h6-14,16-21,31-32,34-35H,15,22-27H2,1-5H3/t31?,32-,34-,35-/m1/s1. The fourth-order valence-electron chi connectivity index (χ4n) is 4.64. The molecule has 248 valence electrons. The Morgan fingerprint density at radius 2 is 1.30 bits per heavy atom. The van der Waals surface area contributed by atoms with Gasteiger partial charge in [-0.1, -0.05) is 117 Å². The van der Waals surface area contributed by atoms with E-state index in [0.29, 0.717) is 18.7 Å². The molecule has 0 radical (unpaired) electrons. The molecule has 3 aromatic carbocycles. The fourth-order valence-corrected chi connectivity index (χ4v) is 6.09. The van der Waals surface area contributed by atoms with Crippen LogP contribution in [0, 0.1) is 0 Å². The molecule has 0 bridgehead atoms. The van der Waals surface area contributed by atoms with Crippen LogP contribution in [0.1, 0.15) is 50.3 Å². The first kappa shape index (κ1) is 37.4. The van der Waals surface area contributed by atoms with Crippen molar-refractivity contribution in [2.24, 2.45) is 5.11 Å². The maximum absolute atomic E-state index is 14.8. The van der Waals surface area contributed by atoms with Crippen molar-refractivity contribution in [3.8, 4) is 0 Å². The molecule has 0 saturated heterocycles. The summed E-state index contributed by atoms with van der Waals surface area (Å²) in [6.07, 6.45) is -2.54. The van der Waals surface area contributed by atoms with Crippen LogP contribution < -0.4 is 0 Å². The van der Waals surface area contributed by atoms with E-state index in [-0.39, 0.29) is 37.2 Å². The minimum absolute atomic E-state index is 0.0588. The second kappa shape index (κ2) is 19.0. The second-order valence-corrected chi connectivity index (χ2v) is 18.0. The number of rotatable bonds is 20. The van der Waals surface area contributed by atoms with Gasteiger partial charge in [-0.2, -0.15) is 0 Å². The van der Waals surface area contributed by atoms with Crippen LogP contribution in [-0.4, -0.2) is 50.9 Å². The summed E-state index contributed by atoms with van der Waals surface area (Å²) in [6, 6.07) is 29.1. The van der Waals surface area contributed by atoms with E-state index in [2.05, 4.69) is 43.9 Å². The molecule has 0 saturated carbocycles. The largest absolute Gasteiger partial charge is 0.407 e. The highest BCUT2D eigenvalue weighted by Crippen LogP contribution is 2.38. The molecule has 0 aliphatic carbocycles. The molecule has 8 nitrogen and oxygen atoms in total. The molecule has 0 spiro atoms. The van der Waals surface area contributed by atoms with Crippen LogP contribution in [0.25, 0.3) is 10.4 Å². The van der Waals surface area contributed by atoms with Gasteiger partial charge in [0.2, 0.25) is 0 Å². The normalized spacial score (nSPS) is 14.6. The van der Waals surface area contributed by atoms with E-state index < -0.39 is 32.7 Å². The number of carbonyl (C=O) groups excluding carboxylic acids is 1. The van der Waals surface area contributed by atoms with E-state index in [9.17, 15) is 10.3 Å². The Kier molecular flexibility index (Phi) is 15.4. The van der Waals surface area contributed by atoms with E-state index >= 15 is 0 Å². The maximum Gasteiger partial charge on any atom is 0.193 e. The van der Waals surface area contributed by atoms with E-state index in [1.54, 1.807) is 0 Å². The molecule has 46 heavy (non-hydrogen) atoms. The smallest absolute Gasteiger partial charge is 0.193 e. The van der Waals surface area contributed by atoms with Crippen LogP contribution in [0.5, 0.6) is 0 Å². The first-order valence-electron chi connectivity index (χ1n) is 15.8. The Bertz CT molecular complexity index is 1350. The van der Waals surface area contributed by atoms with Crippen LogP contribution >= 0.6 is 11.6 Å². The van der Waals surface area contributed by atoms with Crippen LogP contribution in [0.3, 0.4) is 0 Å². The zero-order chi connectivity index (χ0) is 33.4. The van der Waals surface area contributed by atoms with Crippen molar-refractivity contribution >= 4 is 25.7 Å². The summed E-state index contributed by atoms with van der Waals surface area (Å²) < 4.78 is 26.3. The van der Waals surface area contributed by atoms with E-state index in [4.69, 9.17) is 30.2 Å². The predicted octanol–water partition coefficient (Wildman–Crippen LogP) is 9.03. The highest BCUT2D eigenvalue weighted by Gasteiger charge is 2.45. The number of carbonyl (C=O) groups is 1. The first-order chi connectivity index (χ1) is 22.1. The maximum atomic E-state index is 14.8. The van der Waals surface area contributed by atoms with Gasteiger partial charge in [-0.25, -0.2) is 0 Å². The summed E-state index contributed by atoms with van der Waals surface area (Å²) in [7, 11) is -2.38. The number of hydrogen-bond donors (Lipinski definition) is 0. The third-order valence-corrected chi connectivity index (χ3v) is 13.0.